The number of hydrogen-bond acceptors (Lipinski definition) is 6. The molecule has 0 fully saturated rings. The number of carbonyl (C=O) groups is 3. The van der Waals surface area contributed by atoms with Crippen LogP contribution in [0.2, 0.25) is 0 Å². The zero-order valence-electron chi connectivity index (χ0n) is 52.5. The van der Waals surface area contributed by atoms with E-state index in [1.807, 2.05) is 0 Å². The highest BCUT2D eigenvalue weighted by Crippen LogP contribution is 2.19. The second-order valence-corrected chi connectivity index (χ2v) is 24.2. The standard InChI is InChI=1S/C71H136O6/c1-4-7-10-13-16-19-21-23-25-27-29-30-31-32-33-34-35-36-37-38-39-40-41-43-44-46-48-50-52-55-58-61-64-70(73)76-67-68(66-75-69(72)63-60-57-54-18-15-12-9-6-3)77-71(74)65-62-59-56-53-51-49-47-45-42-28-26-24-22-20-17-14-11-8-5-2/h24,26,68H,4-23,25,27-67H2,1-3H3/b26-24-. The van der Waals surface area contributed by atoms with Gasteiger partial charge >= 0.3 is 17.9 Å². The van der Waals surface area contributed by atoms with Crippen molar-refractivity contribution in [1.29, 1.82) is 0 Å². The summed E-state index contributed by atoms with van der Waals surface area (Å²) < 4.78 is 16.9. The van der Waals surface area contributed by atoms with Gasteiger partial charge in [-0.15, -0.1) is 0 Å². The number of hydrogen-bond donors (Lipinski definition) is 0. The first kappa shape index (κ1) is 75.2. The molecule has 0 aliphatic heterocycles. The Balaban J connectivity index is 3.98. The van der Waals surface area contributed by atoms with E-state index in [-0.39, 0.29) is 31.1 Å². The zero-order valence-corrected chi connectivity index (χ0v) is 52.5. The molecule has 0 aromatic rings. The van der Waals surface area contributed by atoms with E-state index >= 15 is 0 Å². The van der Waals surface area contributed by atoms with Crippen molar-refractivity contribution in [1.82, 2.24) is 0 Å². The molecule has 0 aromatic carbocycles. The predicted molar refractivity (Wildman–Crippen MR) is 335 cm³/mol. The maximum atomic E-state index is 12.9. The molecule has 0 aromatic heterocycles. The van der Waals surface area contributed by atoms with Crippen LogP contribution >= 0.6 is 0 Å². The lowest BCUT2D eigenvalue weighted by atomic mass is 10.0. The normalized spacial score (nSPS) is 12.0. The molecular weight excluding hydrogens is 949 g/mol. The van der Waals surface area contributed by atoms with E-state index in [1.54, 1.807) is 0 Å². The molecule has 1 unspecified atom stereocenters. The smallest absolute Gasteiger partial charge is 0.306 e. The van der Waals surface area contributed by atoms with Crippen LogP contribution < -0.4 is 0 Å². The highest BCUT2D eigenvalue weighted by atomic mass is 16.6. The van der Waals surface area contributed by atoms with E-state index in [0.717, 1.165) is 57.8 Å². The molecule has 0 aliphatic carbocycles. The molecule has 77 heavy (non-hydrogen) atoms. The van der Waals surface area contributed by atoms with E-state index < -0.39 is 6.10 Å². The Hall–Kier alpha value is -1.85. The summed E-state index contributed by atoms with van der Waals surface area (Å²) in [4.78, 5) is 38.2. The zero-order chi connectivity index (χ0) is 55.7. The molecule has 0 aliphatic rings. The Morgan fingerprint density at radius 2 is 0.429 bits per heavy atom. The van der Waals surface area contributed by atoms with Crippen LogP contribution in [0.15, 0.2) is 12.2 Å². The first-order valence-electron chi connectivity index (χ1n) is 35.2. The van der Waals surface area contributed by atoms with Crippen molar-refractivity contribution in [3.63, 3.8) is 0 Å². The summed E-state index contributed by atoms with van der Waals surface area (Å²) >= 11 is 0. The molecule has 0 bridgehead atoms. The van der Waals surface area contributed by atoms with Gasteiger partial charge in [0, 0.05) is 19.3 Å². The third kappa shape index (κ3) is 64.9. The lowest BCUT2D eigenvalue weighted by Gasteiger charge is -2.18. The molecule has 0 heterocycles. The summed E-state index contributed by atoms with van der Waals surface area (Å²) in [6.45, 7) is 6.68. The van der Waals surface area contributed by atoms with Gasteiger partial charge in [-0.05, 0) is 44.9 Å². The summed E-state index contributed by atoms with van der Waals surface area (Å²) in [5, 5.41) is 0. The Bertz CT molecular complexity index is 1200. The SMILES string of the molecule is CCCCCCCC/C=C\CCCCCCCCCCCC(=O)OC(COC(=O)CCCCCCCCCC)COC(=O)CCCCCCCCCCCCCCCCCCCCCCCCCCCCCCCCCC. The highest BCUT2D eigenvalue weighted by Gasteiger charge is 2.19. The van der Waals surface area contributed by atoms with Gasteiger partial charge in [-0.1, -0.05) is 354 Å². The Morgan fingerprint density at radius 1 is 0.247 bits per heavy atom. The lowest BCUT2D eigenvalue weighted by Crippen LogP contribution is -2.30. The van der Waals surface area contributed by atoms with E-state index in [4.69, 9.17) is 14.2 Å². The molecule has 0 rings (SSSR count). The minimum absolute atomic E-state index is 0.0648. The maximum Gasteiger partial charge on any atom is 0.306 e. The lowest BCUT2D eigenvalue weighted by molar-refractivity contribution is -0.167. The van der Waals surface area contributed by atoms with Gasteiger partial charge in [0.15, 0.2) is 6.10 Å². The molecule has 6 nitrogen and oxygen atoms in total. The second-order valence-electron chi connectivity index (χ2n) is 24.2. The molecule has 6 heteroatoms. The van der Waals surface area contributed by atoms with E-state index in [2.05, 4.69) is 32.9 Å². The largest absolute Gasteiger partial charge is 0.462 e. The van der Waals surface area contributed by atoms with Crippen molar-refractivity contribution >= 4 is 17.9 Å². The molecule has 456 valence electrons. The monoisotopic (exact) mass is 1090 g/mol. The van der Waals surface area contributed by atoms with Crippen molar-refractivity contribution in [2.24, 2.45) is 0 Å². The topological polar surface area (TPSA) is 78.9 Å². The summed E-state index contributed by atoms with van der Waals surface area (Å²) in [6.07, 6.45) is 79.9. The summed E-state index contributed by atoms with van der Waals surface area (Å²) in [7, 11) is 0. The van der Waals surface area contributed by atoms with Gasteiger partial charge in [-0.3, -0.25) is 14.4 Å². The molecule has 0 amide bonds. The van der Waals surface area contributed by atoms with Crippen LogP contribution in [0.5, 0.6) is 0 Å². The predicted octanol–water partition coefficient (Wildman–Crippen LogP) is 24.0. The quantitative estimate of drug-likeness (QED) is 0.0261. The number of rotatable bonds is 66. The van der Waals surface area contributed by atoms with Crippen LogP contribution in [0.1, 0.15) is 406 Å². The Morgan fingerprint density at radius 3 is 0.649 bits per heavy atom. The van der Waals surface area contributed by atoms with Gasteiger partial charge in [0.1, 0.15) is 13.2 Å². The fourth-order valence-corrected chi connectivity index (χ4v) is 11.0. The Labute approximate surface area is 481 Å². The first-order chi connectivity index (χ1) is 38.0. The number of ether oxygens (including phenoxy) is 3. The second kappa shape index (κ2) is 66.7. The number of esters is 3. The van der Waals surface area contributed by atoms with Crippen molar-refractivity contribution in [2.75, 3.05) is 13.2 Å². The van der Waals surface area contributed by atoms with Gasteiger partial charge in [-0.2, -0.15) is 0 Å². The molecule has 0 saturated carbocycles. The van der Waals surface area contributed by atoms with Crippen LogP contribution in [0.3, 0.4) is 0 Å². The van der Waals surface area contributed by atoms with Crippen LogP contribution in [0.4, 0.5) is 0 Å². The molecule has 1 atom stereocenters. The molecular formula is C71H136O6. The van der Waals surface area contributed by atoms with Gasteiger partial charge < -0.3 is 14.2 Å². The van der Waals surface area contributed by atoms with Crippen LogP contribution in [0, 0.1) is 0 Å². The Kier molecular flexibility index (Phi) is 65.1. The number of allylic oxidation sites excluding steroid dienone is 2. The van der Waals surface area contributed by atoms with Crippen LogP contribution in [-0.4, -0.2) is 37.2 Å². The van der Waals surface area contributed by atoms with Crippen molar-refractivity contribution in [3.05, 3.63) is 12.2 Å². The summed E-state index contributed by atoms with van der Waals surface area (Å²) in [6, 6.07) is 0. The van der Waals surface area contributed by atoms with E-state index in [1.165, 1.54) is 308 Å². The van der Waals surface area contributed by atoms with E-state index in [9.17, 15) is 14.4 Å². The maximum absolute atomic E-state index is 12.9. The molecule has 0 spiro atoms. The highest BCUT2D eigenvalue weighted by molar-refractivity contribution is 5.71. The van der Waals surface area contributed by atoms with Gasteiger partial charge in [0.25, 0.3) is 0 Å². The summed E-state index contributed by atoms with van der Waals surface area (Å²) in [5.74, 6) is -0.842. The number of carbonyl (C=O) groups excluding carboxylic acids is 3. The first-order valence-corrected chi connectivity index (χ1v) is 35.2. The average molecular weight is 1090 g/mol. The van der Waals surface area contributed by atoms with Gasteiger partial charge in [-0.25, -0.2) is 0 Å². The van der Waals surface area contributed by atoms with Crippen molar-refractivity contribution in [2.45, 2.75) is 412 Å². The van der Waals surface area contributed by atoms with Gasteiger partial charge in [0.2, 0.25) is 0 Å². The molecule has 0 N–H and O–H groups in total. The molecule has 0 saturated heterocycles. The number of unbranched alkanes of at least 4 members (excludes halogenated alkanes) is 53. The minimum atomic E-state index is -0.766. The summed E-state index contributed by atoms with van der Waals surface area (Å²) in [5.41, 5.74) is 0. The minimum Gasteiger partial charge on any atom is -0.462 e. The van der Waals surface area contributed by atoms with Crippen LogP contribution in [-0.2, 0) is 28.6 Å². The van der Waals surface area contributed by atoms with Gasteiger partial charge in [0.05, 0.1) is 0 Å². The van der Waals surface area contributed by atoms with Crippen LogP contribution in [0.25, 0.3) is 0 Å². The fourth-order valence-electron chi connectivity index (χ4n) is 11.0. The fraction of sp³-hybridized carbons (Fsp3) is 0.930. The third-order valence-corrected chi connectivity index (χ3v) is 16.3. The third-order valence-electron chi connectivity index (χ3n) is 16.3. The molecule has 0 radical (unpaired) electrons. The average Bonchev–Trinajstić information content (AvgIpc) is 3.43. The van der Waals surface area contributed by atoms with E-state index in [0.29, 0.717) is 19.3 Å². The van der Waals surface area contributed by atoms with Crippen molar-refractivity contribution < 1.29 is 28.6 Å². The van der Waals surface area contributed by atoms with Crippen molar-refractivity contribution in [3.8, 4) is 0 Å².